The Bertz CT molecular complexity index is 390. The van der Waals surface area contributed by atoms with Gasteiger partial charge in [-0.2, -0.15) is 0 Å². The lowest BCUT2D eigenvalue weighted by molar-refractivity contribution is 0.291. The first-order valence-electron chi connectivity index (χ1n) is 6.66. The second kappa shape index (κ2) is 4.67. The molecule has 3 heterocycles. The number of rotatable bonds is 3. The largest absolute Gasteiger partial charge is 0.304 e. The van der Waals surface area contributed by atoms with Crippen molar-refractivity contribution in [3.63, 3.8) is 0 Å². The van der Waals surface area contributed by atoms with Gasteiger partial charge in [-0.15, -0.1) is 11.3 Å². The average molecular weight is 251 g/mol. The zero-order chi connectivity index (χ0) is 11.8. The van der Waals surface area contributed by atoms with E-state index in [9.17, 15) is 0 Å². The number of aryl methyl sites for hydroxylation is 1. The van der Waals surface area contributed by atoms with E-state index < -0.39 is 0 Å². The topological polar surface area (TPSA) is 28.2 Å². The van der Waals surface area contributed by atoms with Crippen LogP contribution in [0.5, 0.6) is 0 Å². The number of nitrogens with zero attached hydrogens (tertiary/aromatic N) is 2. The molecule has 4 heteroatoms. The fourth-order valence-corrected chi connectivity index (χ4v) is 4.03. The summed E-state index contributed by atoms with van der Waals surface area (Å²) < 4.78 is 0. The Hall–Kier alpha value is -0.450. The fourth-order valence-electron chi connectivity index (χ4n) is 3.24. The first kappa shape index (κ1) is 11.6. The van der Waals surface area contributed by atoms with Crippen molar-refractivity contribution in [1.82, 2.24) is 15.2 Å². The minimum atomic E-state index is 0.402. The summed E-state index contributed by atoms with van der Waals surface area (Å²) in [7, 11) is 0. The van der Waals surface area contributed by atoms with Crippen molar-refractivity contribution < 1.29 is 0 Å². The summed E-state index contributed by atoms with van der Waals surface area (Å²) in [5.74, 6) is 0. The van der Waals surface area contributed by atoms with Gasteiger partial charge in [-0.1, -0.05) is 0 Å². The molecule has 2 fully saturated rings. The van der Waals surface area contributed by atoms with Gasteiger partial charge in [0.25, 0.3) is 0 Å². The average Bonchev–Trinajstić information content (AvgIpc) is 2.96. The summed E-state index contributed by atoms with van der Waals surface area (Å²) in [6.07, 6.45) is 6.04. The predicted octanol–water partition coefficient (Wildman–Crippen LogP) is 2.34. The molecule has 0 radical (unpaired) electrons. The van der Waals surface area contributed by atoms with Crippen molar-refractivity contribution in [2.45, 2.75) is 51.2 Å². The third kappa shape index (κ3) is 2.26. The lowest BCUT2D eigenvalue weighted by Gasteiger charge is -2.24. The van der Waals surface area contributed by atoms with Gasteiger partial charge < -0.3 is 5.32 Å². The molecular formula is C13H21N3S. The lowest BCUT2D eigenvalue weighted by atomic mass is 10.1. The summed E-state index contributed by atoms with van der Waals surface area (Å²) in [6.45, 7) is 6.97. The molecule has 0 aromatic carbocycles. The first-order chi connectivity index (χ1) is 8.24. The first-order valence-corrected chi connectivity index (χ1v) is 7.48. The quantitative estimate of drug-likeness (QED) is 0.894. The molecule has 1 aromatic heterocycles. The Kier molecular flexibility index (Phi) is 3.19. The van der Waals surface area contributed by atoms with Crippen molar-refractivity contribution in [3.8, 4) is 0 Å². The fraction of sp³-hybridized carbons (Fsp3) is 0.769. The molecule has 3 unspecified atom stereocenters. The molecule has 0 saturated carbocycles. The summed E-state index contributed by atoms with van der Waals surface area (Å²) in [5.41, 5.74) is 0. The van der Waals surface area contributed by atoms with Crippen molar-refractivity contribution in [1.29, 1.82) is 0 Å². The Balaban J connectivity index is 1.63. The van der Waals surface area contributed by atoms with E-state index in [0.717, 1.165) is 6.04 Å². The molecule has 3 rings (SSSR count). The molecule has 3 nitrogen and oxygen atoms in total. The Morgan fingerprint density at radius 3 is 3.12 bits per heavy atom. The number of hydrogen-bond donors (Lipinski definition) is 1. The molecule has 0 amide bonds. The van der Waals surface area contributed by atoms with E-state index in [4.69, 9.17) is 0 Å². The monoisotopic (exact) mass is 251 g/mol. The zero-order valence-corrected chi connectivity index (χ0v) is 11.5. The van der Waals surface area contributed by atoms with Gasteiger partial charge in [-0.05, 0) is 39.7 Å². The van der Waals surface area contributed by atoms with E-state index >= 15 is 0 Å². The van der Waals surface area contributed by atoms with E-state index in [-0.39, 0.29) is 0 Å². The van der Waals surface area contributed by atoms with E-state index in [1.807, 2.05) is 17.5 Å². The van der Waals surface area contributed by atoms with Gasteiger partial charge in [0.05, 0.1) is 6.04 Å². The summed E-state index contributed by atoms with van der Waals surface area (Å²) >= 11 is 1.82. The maximum absolute atomic E-state index is 4.49. The van der Waals surface area contributed by atoms with Crippen LogP contribution in [-0.2, 0) is 0 Å². The maximum atomic E-state index is 4.49. The van der Waals surface area contributed by atoms with Crippen LogP contribution < -0.4 is 5.32 Å². The van der Waals surface area contributed by atoms with Crippen LogP contribution in [0.1, 0.15) is 42.1 Å². The number of hydrogen-bond acceptors (Lipinski definition) is 4. The van der Waals surface area contributed by atoms with Crippen LogP contribution in [0.25, 0.3) is 0 Å². The van der Waals surface area contributed by atoms with Crippen LogP contribution in [0, 0.1) is 6.92 Å². The number of fused-ring (bicyclic) bond motifs is 1. The highest BCUT2D eigenvalue weighted by molar-refractivity contribution is 7.11. The van der Waals surface area contributed by atoms with Gasteiger partial charge in [-0.25, -0.2) is 4.98 Å². The maximum Gasteiger partial charge on any atom is 0.109 e. The Morgan fingerprint density at radius 1 is 1.47 bits per heavy atom. The van der Waals surface area contributed by atoms with Gasteiger partial charge >= 0.3 is 0 Å². The van der Waals surface area contributed by atoms with Crippen LogP contribution in [-0.4, -0.2) is 35.1 Å². The molecule has 0 aliphatic carbocycles. The molecule has 0 spiro atoms. The van der Waals surface area contributed by atoms with Crippen molar-refractivity contribution >= 4 is 11.3 Å². The molecule has 2 saturated heterocycles. The molecular weight excluding hydrogens is 230 g/mol. The van der Waals surface area contributed by atoms with Crippen LogP contribution in [0.4, 0.5) is 0 Å². The van der Waals surface area contributed by atoms with Crippen LogP contribution in [0.2, 0.25) is 0 Å². The number of aromatic nitrogens is 1. The second-order valence-electron chi connectivity index (χ2n) is 5.34. The van der Waals surface area contributed by atoms with Crippen LogP contribution in [0.3, 0.4) is 0 Å². The molecule has 17 heavy (non-hydrogen) atoms. The molecule has 0 bridgehead atoms. The standard InChI is InChI=1S/C13H21N3S/c1-9-8-14-13(17-9)10(2)15-11-5-7-16-6-3-4-12(11)16/h8,10-12,15H,3-7H2,1-2H3. The highest BCUT2D eigenvalue weighted by Gasteiger charge is 2.37. The van der Waals surface area contributed by atoms with Gasteiger partial charge in [0, 0.05) is 29.7 Å². The van der Waals surface area contributed by atoms with E-state index in [1.54, 1.807) is 0 Å². The van der Waals surface area contributed by atoms with Crippen molar-refractivity contribution in [3.05, 3.63) is 16.1 Å². The highest BCUT2D eigenvalue weighted by atomic mass is 32.1. The normalized spacial score (nSPS) is 30.7. The molecule has 1 aromatic rings. The van der Waals surface area contributed by atoms with Gasteiger partial charge in [0.2, 0.25) is 0 Å². The minimum absolute atomic E-state index is 0.402. The number of thiazole rings is 1. The van der Waals surface area contributed by atoms with E-state index in [1.165, 1.54) is 42.2 Å². The molecule has 2 aliphatic rings. The van der Waals surface area contributed by atoms with Crippen LogP contribution in [0.15, 0.2) is 6.20 Å². The Labute approximate surface area is 107 Å². The minimum Gasteiger partial charge on any atom is -0.304 e. The predicted molar refractivity (Wildman–Crippen MR) is 71.4 cm³/mol. The lowest BCUT2D eigenvalue weighted by Crippen LogP contribution is -2.40. The SMILES string of the molecule is Cc1cnc(C(C)NC2CCN3CCCC23)s1. The van der Waals surface area contributed by atoms with Gasteiger partial charge in [-0.3, -0.25) is 4.90 Å². The molecule has 1 N–H and O–H groups in total. The smallest absolute Gasteiger partial charge is 0.109 e. The number of nitrogens with one attached hydrogen (secondary N) is 1. The third-order valence-corrected chi connectivity index (χ3v) is 5.18. The van der Waals surface area contributed by atoms with Crippen LogP contribution >= 0.6 is 11.3 Å². The zero-order valence-electron chi connectivity index (χ0n) is 10.6. The van der Waals surface area contributed by atoms with Gasteiger partial charge in [0.1, 0.15) is 5.01 Å². The molecule has 3 atom stereocenters. The van der Waals surface area contributed by atoms with E-state index in [0.29, 0.717) is 12.1 Å². The summed E-state index contributed by atoms with van der Waals surface area (Å²) in [6, 6.07) is 1.87. The molecule has 94 valence electrons. The summed E-state index contributed by atoms with van der Waals surface area (Å²) in [5, 5.41) is 5.02. The highest BCUT2D eigenvalue weighted by Crippen LogP contribution is 2.30. The second-order valence-corrected chi connectivity index (χ2v) is 6.60. The molecule has 2 aliphatic heterocycles. The third-order valence-electron chi connectivity index (χ3n) is 4.08. The van der Waals surface area contributed by atoms with Gasteiger partial charge in [0.15, 0.2) is 0 Å². The van der Waals surface area contributed by atoms with Crippen molar-refractivity contribution in [2.75, 3.05) is 13.1 Å². The van der Waals surface area contributed by atoms with E-state index in [2.05, 4.69) is 29.0 Å². The summed E-state index contributed by atoms with van der Waals surface area (Å²) in [4.78, 5) is 8.44. The van der Waals surface area contributed by atoms with Crippen molar-refractivity contribution in [2.24, 2.45) is 0 Å². The Morgan fingerprint density at radius 2 is 2.35 bits per heavy atom.